The van der Waals surface area contributed by atoms with E-state index in [1.807, 2.05) is 0 Å². The first kappa shape index (κ1) is 11.4. The van der Waals surface area contributed by atoms with E-state index in [-0.39, 0.29) is 5.54 Å². The second-order valence-corrected chi connectivity index (χ2v) is 7.43. The van der Waals surface area contributed by atoms with Crippen LogP contribution in [0.5, 0.6) is 0 Å². The van der Waals surface area contributed by atoms with E-state index in [9.17, 15) is 0 Å². The highest BCUT2D eigenvalue weighted by Gasteiger charge is 2.61. The van der Waals surface area contributed by atoms with Crippen molar-refractivity contribution in [2.75, 3.05) is 13.1 Å². The molecule has 2 rings (SSSR count). The fourth-order valence-electron chi connectivity index (χ4n) is 3.86. The van der Waals surface area contributed by atoms with Crippen molar-refractivity contribution in [2.24, 2.45) is 16.7 Å². The Balaban J connectivity index is 2.39. The van der Waals surface area contributed by atoms with Gasteiger partial charge < -0.3 is 10.6 Å². The second kappa shape index (κ2) is 2.98. The van der Waals surface area contributed by atoms with Gasteiger partial charge >= 0.3 is 0 Å². The number of hydrogen-bond acceptors (Lipinski definition) is 2. The maximum absolute atomic E-state index is 3.80. The Morgan fingerprint density at radius 3 is 1.93 bits per heavy atom. The zero-order chi connectivity index (χ0) is 11.5. The van der Waals surface area contributed by atoms with Crippen LogP contribution in [0.2, 0.25) is 0 Å². The molecule has 0 aromatic carbocycles. The molecule has 0 radical (unpaired) electrons. The fraction of sp³-hybridized carbons (Fsp3) is 1.00. The van der Waals surface area contributed by atoms with Crippen LogP contribution >= 0.6 is 0 Å². The lowest BCUT2D eigenvalue weighted by Gasteiger charge is -2.47. The summed E-state index contributed by atoms with van der Waals surface area (Å²) in [5.74, 6) is 0.741. The Bertz CT molecular complexity index is 249. The summed E-state index contributed by atoms with van der Waals surface area (Å²) >= 11 is 0. The van der Waals surface area contributed by atoms with Gasteiger partial charge in [-0.1, -0.05) is 41.5 Å². The Hall–Kier alpha value is -0.0800. The topological polar surface area (TPSA) is 24.1 Å². The van der Waals surface area contributed by atoms with Crippen LogP contribution in [-0.4, -0.2) is 24.7 Å². The summed E-state index contributed by atoms with van der Waals surface area (Å²) in [4.78, 5) is 0. The average Bonchev–Trinajstić information content (AvgIpc) is 2.55. The molecule has 2 fully saturated rings. The number of hydrogen-bond donors (Lipinski definition) is 2. The van der Waals surface area contributed by atoms with Crippen molar-refractivity contribution in [1.29, 1.82) is 0 Å². The Labute approximate surface area is 94.2 Å². The van der Waals surface area contributed by atoms with Crippen molar-refractivity contribution in [3.8, 4) is 0 Å². The van der Waals surface area contributed by atoms with Gasteiger partial charge in [0.2, 0.25) is 0 Å². The van der Waals surface area contributed by atoms with Crippen LogP contribution in [0, 0.1) is 16.7 Å². The molecule has 15 heavy (non-hydrogen) atoms. The highest BCUT2D eigenvalue weighted by Crippen LogP contribution is 2.51. The zero-order valence-electron chi connectivity index (χ0n) is 11.1. The van der Waals surface area contributed by atoms with Gasteiger partial charge in [0.15, 0.2) is 0 Å². The molecule has 2 heterocycles. The van der Waals surface area contributed by atoms with E-state index in [2.05, 4.69) is 52.2 Å². The van der Waals surface area contributed by atoms with Gasteiger partial charge in [0.1, 0.15) is 0 Å². The van der Waals surface area contributed by atoms with Gasteiger partial charge in [-0.2, -0.15) is 0 Å². The van der Waals surface area contributed by atoms with E-state index in [1.54, 1.807) is 0 Å². The molecule has 0 aliphatic carbocycles. The first-order chi connectivity index (χ1) is 6.68. The summed E-state index contributed by atoms with van der Waals surface area (Å²) in [5, 5.41) is 7.50. The maximum Gasteiger partial charge on any atom is 0.0404 e. The molecule has 0 amide bonds. The van der Waals surface area contributed by atoms with Crippen LogP contribution in [0.25, 0.3) is 0 Å². The van der Waals surface area contributed by atoms with Gasteiger partial charge in [-0.15, -0.1) is 0 Å². The number of nitrogens with one attached hydrogen (secondary N) is 2. The van der Waals surface area contributed by atoms with Crippen LogP contribution in [0.1, 0.15) is 41.5 Å². The van der Waals surface area contributed by atoms with Gasteiger partial charge in [-0.25, -0.2) is 0 Å². The normalized spacial score (nSPS) is 41.2. The summed E-state index contributed by atoms with van der Waals surface area (Å²) in [5.41, 5.74) is 0.990. The smallest absolute Gasteiger partial charge is 0.0404 e. The van der Waals surface area contributed by atoms with E-state index in [0.29, 0.717) is 16.9 Å². The fourth-order valence-corrected chi connectivity index (χ4v) is 3.86. The summed E-state index contributed by atoms with van der Waals surface area (Å²) in [6.07, 6.45) is 0. The highest BCUT2D eigenvalue weighted by atomic mass is 15.2. The molecule has 0 saturated carbocycles. The zero-order valence-corrected chi connectivity index (χ0v) is 11.1. The third-order valence-electron chi connectivity index (χ3n) is 4.49. The minimum atomic E-state index is 0.288. The molecule has 0 spiro atoms. The third-order valence-corrected chi connectivity index (χ3v) is 4.49. The summed E-state index contributed by atoms with van der Waals surface area (Å²) in [6, 6.07) is 0.671. The predicted octanol–water partition coefficient (Wildman–Crippen LogP) is 2.01. The molecule has 2 aliphatic rings. The summed E-state index contributed by atoms with van der Waals surface area (Å²) in [7, 11) is 0. The number of fused-ring (bicyclic) bond motifs is 2. The van der Waals surface area contributed by atoms with Gasteiger partial charge in [0.25, 0.3) is 0 Å². The monoisotopic (exact) mass is 210 g/mol. The molecule has 2 aliphatic heterocycles. The van der Waals surface area contributed by atoms with Crippen LogP contribution in [0.3, 0.4) is 0 Å². The summed E-state index contributed by atoms with van der Waals surface area (Å²) in [6.45, 7) is 16.5. The molecule has 2 nitrogen and oxygen atoms in total. The first-order valence-corrected chi connectivity index (χ1v) is 6.17. The van der Waals surface area contributed by atoms with Crippen LogP contribution in [0.15, 0.2) is 0 Å². The minimum Gasteiger partial charge on any atom is -0.310 e. The van der Waals surface area contributed by atoms with Crippen LogP contribution in [0.4, 0.5) is 0 Å². The standard InChI is InChI=1S/C13H26N2/c1-11(2,3)10-9-7-15-13(10,8-14-9)12(4,5)6/h9-10,14-15H,7-8H2,1-6H3/t9-,10?,13-/m0/s1. The summed E-state index contributed by atoms with van der Waals surface area (Å²) < 4.78 is 0. The van der Waals surface area contributed by atoms with E-state index < -0.39 is 0 Å². The lowest BCUT2D eigenvalue weighted by molar-refractivity contribution is 0.0727. The Kier molecular flexibility index (Phi) is 2.27. The molecule has 1 unspecified atom stereocenters. The molecule has 2 heteroatoms. The Morgan fingerprint density at radius 2 is 1.67 bits per heavy atom. The van der Waals surface area contributed by atoms with Gasteiger partial charge in [0.05, 0.1) is 0 Å². The SMILES string of the molecule is CC(C)(C)C1[C@@H]2CN[C@@]1(C(C)(C)C)CN2. The van der Waals surface area contributed by atoms with Gasteiger partial charge in [-0.05, 0) is 10.8 Å². The number of piperazine rings is 1. The van der Waals surface area contributed by atoms with Gasteiger partial charge in [0, 0.05) is 30.6 Å². The van der Waals surface area contributed by atoms with E-state index >= 15 is 0 Å². The largest absolute Gasteiger partial charge is 0.310 e. The highest BCUT2D eigenvalue weighted by molar-refractivity contribution is 5.20. The van der Waals surface area contributed by atoms with Crippen LogP contribution in [-0.2, 0) is 0 Å². The predicted molar refractivity (Wildman–Crippen MR) is 64.9 cm³/mol. The minimum absolute atomic E-state index is 0.288. The second-order valence-electron chi connectivity index (χ2n) is 7.43. The van der Waals surface area contributed by atoms with E-state index in [0.717, 1.165) is 19.0 Å². The van der Waals surface area contributed by atoms with E-state index in [4.69, 9.17) is 0 Å². The molecular weight excluding hydrogens is 184 g/mol. The van der Waals surface area contributed by atoms with Crippen molar-refractivity contribution in [3.05, 3.63) is 0 Å². The lowest BCUT2D eigenvalue weighted by Crippen LogP contribution is -2.60. The molecule has 88 valence electrons. The van der Waals surface area contributed by atoms with Crippen molar-refractivity contribution in [2.45, 2.75) is 53.1 Å². The van der Waals surface area contributed by atoms with Gasteiger partial charge in [-0.3, -0.25) is 0 Å². The average molecular weight is 210 g/mol. The molecule has 2 saturated heterocycles. The maximum atomic E-state index is 3.80. The van der Waals surface area contributed by atoms with Crippen LogP contribution < -0.4 is 10.6 Å². The molecule has 2 N–H and O–H groups in total. The van der Waals surface area contributed by atoms with Crippen molar-refractivity contribution < 1.29 is 0 Å². The Morgan fingerprint density at radius 1 is 1.07 bits per heavy atom. The quantitative estimate of drug-likeness (QED) is 0.639. The van der Waals surface area contributed by atoms with E-state index in [1.165, 1.54) is 0 Å². The molecule has 0 aromatic heterocycles. The third kappa shape index (κ3) is 1.45. The molecule has 2 bridgehead atoms. The molecule has 3 atom stereocenters. The number of rotatable bonds is 0. The van der Waals surface area contributed by atoms with Crippen molar-refractivity contribution in [3.63, 3.8) is 0 Å². The van der Waals surface area contributed by atoms with Crippen molar-refractivity contribution >= 4 is 0 Å². The molecular formula is C13H26N2. The first-order valence-electron chi connectivity index (χ1n) is 6.17. The van der Waals surface area contributed by atoms with Crippen molar-refractivity contribution in [1.82, 2.24) is 10.6 Å². The molecule has 0 aromatic rings. The lowest BCUT2D eigenvalue weighted by atomic mass is 9.61.